The van der Waals surface area contributed by atoms with Gasteiger partial charge in [0.2, 0.25) is 47.3 Å². The van der Waals surface area contributed by atoms with Gasteiger partial charge in [-0.1, -0.05) is 74.3 Å². The Morgan fingerprint density at radius 2 is 0.727 bits per heavy atom. The number of carbonyl (C=O) groups is 20. The van der Waals surface area contributed by atoms with Crippen molar-refractivity contribution in [3.8, 4) is 36.5 Å². The normalized spacial score (nSPS) is 17.1. The second-order valence-corrected chi connectivity index (χ2v) is 38.4. The minimum atomic E-state index is -1.01. The summed E-state index contributed by atoms with van der Waals surface area (Å²) in [5.41, 5.74) is 7.64. The number of nitrogens with one attached hydrogen (secondary N) is 8. The van der Waals surface area contributed by atoms with Crippen LogP contribution in [0.25, 0.3) is 0 Å². The van der Waals surface area contributed by atoms with Crippen molar-refractivity contribution in [1.29, 1.82) is 0 Å². The first-order valence-electron chi connectivity index (χ1n) is 47.8. The number of halogens is 2. The van der Waals surface area contributed by atoms with Gasteiger partial charge in [0.15, 0.2) is 0 Å². The van der Waals surface area contributed by atoms with Gasteiger partial charge in [0.05, 0.1) is 82.9 Å². The van der Waals surface area contributed by atoms with Crippen LogP contribution in [0, 0.1) is 43.2 Å². The van der Waals surface area contributed by atoms with Crippen molar-refractivity contribution >= 4 is 160 Å². The van der Waals surface area contributed by atoms with Crippen molar-refractivity contribution in [2.75, 3.05) is 117 Å². The Morgan fingerprint density at radius 3 is 1.03 bits per heavy atom. The summed E-state index contributed by atoms with van der Waals surface area (Å²) in [6, 6.07) is 15.7. The van der Waals surface area contributed by atoms with Crippen LogP contribution in [-0.4, -0.2) is 308 Å². The molecule has 4 aromatic rings. The number of nitrogens with two attached hydrogens (primary N) is 1. The van der Waals surface area contributed by atoms with Gasteiger partial charge in [0.1, 0.15) is 59.8 Å². The molecule has 20 amide bonds. The molecule has 11 N–H and O–H groups in total. The fourth-order valence-electron chi connectivity index (χ4n) is 14.4. The van der Waals surface area contributed by atoms with Crippen LogP contribution >= 0.6 is 41.1 Å². The van der Waals surface area contributed by atoms with E-state index in [4.69, 9.17) is 71.0 Å². The first kappa shape index (κ1) is 129. The van der Waals surface area contributed by atoms with Crippen molar-refractivity contribution in [3.63, 3.8) is 0 Å². The van der Waals surface area contributed by atoms with Crippen molar-refractivity contribution in [2.45, 2.75) is 220 Å². The number of rotatable bonds is 27. The summed E-state index contributed by atoms with van der Waals surface area (Å²) in [6.07, 6.45) is 14.0. The van der Waals surface area contributed by atoms with Gasteiger partial charge in [0.25, 0.3) is 47.3 Å². The van der Waals surface area contributed by atoms with Crippen LogP contribution in [0.15, 0.2) is 77.3 Å². The molecule has 13 rings (SSSR count). The number of aliphatic hydroxyl groups is 1. The summed E-state index contributed by atoms with van der Waals surface area (Å²) >= 11 is 6.25. The predicted octanol–water partition coefficient (Wildman–Crippen LogP) is 7.32. The molecule has 814 valence electrons. The molecule has 0 aromatic heterocycles. The number of aryl methyl sites for hydroxylation is 2. The van der Waals surface area contributed by atoms with E-state index in [-0.39, 0.29) is 136 Å². The third kappa shape index (κ3) is 43.7. The number of imide groups is 8. The molecule has 0 saturated carbocycles. The summed E-state index contributed by atoms with van der Waals surface area (Å²) in [5, 5.41) is 27.8. The number of terminal acetylenes is 2. The molecule has 5 atom stereocenters. The van der Waals surface area contributed by atoms with E-state index in [2.05, 4.69) is 114 Å². The standard InChI is InChI=1S/C23H29N3O7.C23H25N3O7.C18H21N3O5.C13H9BrN2O4.C10H17NO3.C7H15NO3.C4H8O.C3H3Br.CO.CH5P/c2*1-23(2,3)33-22(31)24-10-12-32-11-4-5-14-6-7-15-16(13-14)21(30)26(20(15)29)17-8-9-18(27)25-19(17)28;19-7-9-26-8-1-2-11-3-4-12-13(10-11)18(25)21(17(12)24)14-5-6-15(22)20-16(14)23;14-6-1-2-7-8(5-6)13(20)16(12(7)19)9-3-4-10(17)15-11(9)18;1-5-7-13-8-6-11-9(12)14-10(2,3)4;1-7(2,3)11-6(10)8-4-5-9;1-2-4-5-3-1;1-2-3-4;2*1-2/h6-7,13,17H,4-5,8-12H2,1-3H3,(H,24,31)(H,25,27,28);6-7,13,17H,8-12H2,1-3H3,(H,24,31)(H,25,27,28);3-4,10,14H,1-2,5-9,19H2,(H,20,22,23);1-2,5,9H,3-4H2,(H,15,17,18);1H,6-8H2,2-4H3,(H,11,12);9H,4-5H2,1-3H3,(H,8,10);1-4H2;1H,3H2;;2H2,1H3. The summed E-state index contributed by atoms with van der Waals surface area (Å²) in [7, 11) is 2.42. The average Bonchev–Trinajstić information content (AvgIpc) is 1.83. The van der Waals surface area contributed by atoms with E-state index >= 15 is 0 Å². The summed E-state index contributed by atoms with van der Waals surface area (Å²) < 4.78 is 54.4. The number of hydrogen-bond acceptors (Lipinski definition) is 31. The molecule has 4 aromatic carbocycles. The molecule has 5 fully saturated rings. The number of aliphatic hydroxyl groups excluding tert-OH is 1. The van der Waals surface area contributed by atoms with E-state index in [1.165, 1.54) is 25.0 Å². The third-order valence-corrected chi connectivity index (χ3v) is 21.5. The van der Waals surface area contributed by atoms with E-state index in [1.807, 2.05) is 6.66 Å². The molecule has 9 heterocycles. The van der Waals surface area contributed by atoms with Gasteiger partial charge in [-0.2, -0.15) is 0 Å². The average molecular weight is 2240 g/mol. The molecule has 0 spiro atoms. The van der Waals surface area contributed by atoms with Crippen LogP contribution in [-0.2, 0) is 98.5 Å². The zero-order valence-corrected chi connectivity index (χ0v) is 90.5. The van der Waals surface area contributed by atoms with E-state index in [1.54, 1.807) is 144 Å². The fraction of sp³-hybridized carbons (Fsp3) is 0.505. The topological polar surface area (TPSA) is 600 Å². The number of amides is 20. The molecule has 0 bridgehead atoms. The zero-order valence-electron chi connectivity index (χ0n) is 86.2. The molecule has 47 heteroatoms. The Labute approximate surface area is 889 Å². The van der Waals surface area contributed by atoms with Gasteiger partial charge in [-0.15, -0.1) is 22.1 Å². The van der Waals surface area contributed by atoms with Gasteiger partial charge < -0.3 is 74.7 Å². The maximum atomic E-state index is 12.8. The molecule has 5 unspecified atom stereocenters. The Balaban J connectivity index is 0.000000376. The maximum absolute atomic E-state index is 12.8. The van der Waals surface area contributed by atoms with Crippen molar-refractivity contribution < 1.29 is 148 Å². The Bertz CT molecular complexity index is 5650. The number of carbonyl (C=O) groups excluding carboxylic acids is 20. The van der Waals surface area contributed by atoms with E-state index in [0.717, 1.165) is 50.4 Å². The second-order valence-electron chi connectivity index (χ2n) is 36.9. The fourth-order valence-corrected chi connectivity index (χ4v) is 14.7. The van der Waals surface area contributed by atoms with E-state index in [0.29, 0.717) is 98.4 Å². The first-order valence-corrected chi connectivity index (χ1v) is 50.9. The van der Waals surface area contributed by atoms with Crippen LogP contribution in [0.3, 0.4) is 0 Å². The van der Waals surface area contributed by atoms with Gasteiger partial charge >= 0.3 is 35.7 Å². The Morgan fingerprint density at radius 1 is 0.433 bits per heavy atom. The van der Waals surface area contributed by atoms with Crippen LogP contribution in [0.1, 0.15) is 260 Å². The number of nitrogens with zero attached hydrogens (tertiary/aromatic N) is 4. The monoisotopic (exact) mass is 2240 g/mol. The number of alkyl carbamates (subject to hydrolysis) is 4. The van der Waals surface area contributed by atoms with E-state index in [9.17, 15) is 95.9 Å². The van der Waals surface area contributed by atoms with Gasteiger partial charge in [-0.05, 0) is 219 Å². The zero-order chi connectivity index (χ0) is 112. The van der Waals surface area contributed by atoms with Crippen molar-refractivity contribution in [3.05, 3.63) is 145 Å². The SMILES string of the molecule is C#CCBr.C#CCOCCNC(=O)OC(C)(C)C.C1CCOC1.CC(C)(C)OC(=O)NCCO.CC(C)(C)OC(=O)NCCOCC#Cc1ccc2c(c1)C(=O)N(C1CCC(=O)NC1=O)C2=O.CC(C)(C)OC(=O)NCCOCCCc1ccc2c(c1)C(=O)N(C1CCC(=O)NC1=O)C2=O.CP.NCCOCCCc1ccc2c(c1)C(=O)N(C1CCC(=O)NC1=O)C2=O.O=C1CCC(N2C(=O)c3ccc(Br)cc3C2=O)C(=O)N1.[C-]#[O+]. The van der Waals surface area contributed by atoms with Crippen LogP contribution < -0.4 is 48.3 Å². The molecule has 44 nitrogen and oxygen atoms in total. The summed E-state index contributed by atoms with van der Waals surface area (Å²) in [6.45, 7) is 34.4. The number of alkyl halides is 1. The summed E-state index contributed by atoms with van der Waals surface area (Å²) in [5.74, 6) is 2.10. The third-order valence-electron chi connectivity index (χ3n) is 20.6. The van der Waals surface area contributed by atoms with Crippen LogP contribution in [0.4, 0.5) is 19.2 Å². The summed E-state index contributed by atoms with van der Waals surface area (Å²) in [4.78, 5) is 243. The van der Waals surface area contributed by atoms with Gasteiger partial charge in [-0.3, -0.25) is 118 Å². The molecular weight excluding hydrogens is 2110 g/mol. The number of hydrogen-bond donors (Lipinski definition) is 10. The van der Waals surface area contributed by atoms with Crippen molar-refractivity contribution in [2.24, 2.45) is 5.73 Å². The molecule has 0 aliphatic carbocycles. The molecule has 9 aliphatic heterocycles. The first-order chi connectivity index (χ1) is 71.0. The van der Waals surface area contributed by atoms with Crippen LogP contribution in [0.2, 0.25) is 0 Å². The molecule has 150 heavy (non-hydrogen) atoms. The van der Waals surface area contributed by atoms with E-state index < -0.39 is 154 Å². The number of piperidine rings is 4. The number of fused-ring (bicyclic) bond motifs is 4. The molecular formula is C103H132Br2N13O31P. The Hall–Kier alpha value is -13.4. The molecule has 0 radical (unpaired) electrons. The van der Waals surface area contributed by atoms with Gasteiger partial charge in [-0.25, -0.2) is 19.2 Å². The number of benzene rings is 4. The van der Waals surface area contributed by atoms with Crippen molar-refractivity contribution in [1.82, 2.24) is 62.1 Å². The van der Waals surface area contributed by atoms with Gasteiger partial charge in [0, 0.05) is 94.9 Å². The Kier molecular flexibility index (Phi) is 55.8. The quantitative estimate of drug-likeness (QED) is 0.00408. The minimum absolute atomic E-state index is 0.0633. The number of ether oxygens (including phenoxy) is 9. The van der Waals surface area contributed by atoms with Crippen LogP contribution in [0.5, 0.6) is 0 Å². The molecule has 5 saturated heterocycles. The molecule has 9 aliphatic rings. The predicted molar refractivity (Wildman–Crippen MR) is 551 cm³/mol. The second kappa shape index (κ2) is 64.9.